The Kier molecular flexibility index (Phi) is 31.2. The number of carboxylic acids is 2. The van der Waals surface area contributed by atoms with Crippen LogP contribution in [0.5, 0.6) is 0 Å². The molecule has 1 heterocycles. The van der Waals surface area contributed by atoms with Gasteiger partial charge < -0.3 is 30.1 Å². The van der Waals surface area contributed by atoms with Gasteiger partial charge in [-0.2, -0.15) is 0 Å². The minimum atomic E-state index is -2.17. The number of rotatable bonds is 23. The summed E-state index contributed by atoms with van der Waals surface area (Å²) in [5.41, 5.74) is 0.331. The summed E-state index contributed by atoms with van der Waals surface area (Å²) in [5, 5.41) is 16.9. The molecule has 47 heavy (non-hydrogen) atoms. The topological polar surface area (TPSA) is 130 Å². The molecule has 0 saturated carbocycles. The van der Waals surface area contributed by atoms with E-state index < -0.39 is 57.4 Å². The fourth-order valence-corrected chi connectivity index (χ4v) is 12.0. The van der Waals surface area contributed by atoms with Gasteiger partial charge in [-0.05, 0) is 60.1 Å². The van der Waals surface area contributed by atoms with Crippen LogP contribution in [0, 0.1) is 0 Å². The maximum atomic E-state index is 10.3. The third-order valence-electron chi connectivity index (χ3n) is 6.83. The molecule has 13 heteroatoms. The maximum Gasteiger partial charge on any atom is 0.849 e. The smallest absolute Gasteiger partial charge is 0.545 e. The van der Waals surface area contributed by atoms with Crippen LogP contribution in [0.1, 0.15) is 162 Å². The Balaban J connectivity index is 0.000000718. The van der Waals surface area contributed by atoms with Crippen molar-refractivity contribution in [3.63, 3.8) is 0 Å². The van der Waals surface area contributed by atoms with Crippen molar-refractivity contribution < 1.29 is 39.7 Å². The molecule has 0 amide bonds. The van der Waals surface area contributed by atoms with Gasteiger partial charge in [0.05, 0.1) is 5.56 Å². The Bertz CT molecular complexity index is 833. The van der Waals surface area contributed by atoms with Gasteiger partial charge in [-0.3, -0.25) is 4.79 Å². The minimum Gasteiger partial charge on any atom is -0.545 e. The molecule has 0 aliphatic carbocycles. The SMILES string of the molecule is CC(C)[O][Al]1[O][Al]([O]C(C)C)[O][Al]([O]C(C)C)[O]1.CCCCCCCCCCCCCCCCCC(=O)O.O=C(O)c1ccccc1. The number of benzene rings is 1. The van der Waals surface area contributed by atoms with Crippen LogP contribution >= 0.6 is 0 Å². The molecule has 0 radical (unpaired) electrons. The number of unbranched alkanes of at least 4 members (excludes halogenated alkanes) is 14. The summed E-state index contributed by atoms with van der Waals surface area (Å²) >= 11 is -6.51. The first-order valence-corrected chi connectivity index (χ1v) is 22.1. The van der Waals surface area contributed by atoms with Crippen LogP contribution in [0.25, 0.3) is 0 Å². The van der Waals surface area contributed by atoms with Crippen molar-refractivity contribution in [3.8, 4) is 0 Å². The zero-order chi connectivity index (χ0) is 35.3. The Hall–Kier alpha value is -0.483. The summed E-state index contributed by atoms with van der Waals surface area (Å²) in [7, 11) is 0. The molecule has 0 unspecified atom stereocenters. The summed E-state index contributed by atoms with van der Waals surface area (Å²) in [4.78, 5) is 20.5. The van der Waals surface area contributed by atoms with Gasteiger partial charge in [0.1, 0.15) is 0 Å². The first kappa shape index (κ1) is 46.5. The predicted molar refractivity (Wildman–Crippen MR) is 190 cm³/mol. The second kappa shape index (κ2) is 31.5. The third kappa shape index (κ3) is 31.3. The van der Waals surface area contributed by atoms with E-state index in [1.165, 1.54) is 83.5 Å². The highest BCUT2D eigenvalue weighted by Crippen LogP contribution is 2.15. The van der Waals surface area contributed by atoms with E-state index in [-0.39, 0.29) is 18.3 Å². The van der Waals surface area contributed by atoms with Crippen molar-refractivity contribution >= 4 is 57.4 Å². The lowest BCUT2D eigenvalue weighted by molar-refractivity contribution is -0.137. The number of aliphatic carboxylic acids is 1. The molecule has 1 saturated heterocycles. The van der Waals surface area contributed by atoms with Crippen molar-refractivity contribution in [3.05, 3.63) is 35.9 Å². The van der Waals surface area contributed by atoms with Crippen LogP contribution in [0.4, 0.5) is 0 Å². The zero-order valence-electron chi connectivity index (χ0n) is 30.3. The van der Waals surface area contributed by atoms with Crippen molar-refractivity contribution in [1.82, 2.24) is 0 Å². The summed E-state index contributed by atoms with van der Waals surface area (Å²) in [6.45, 7) is 14.0. The van der Waals surface area contributed by atoms with Crippen molar-refractivity contribution in [2.45, 2.75) is 170 Å². The van der Waals surface area contributed by atoms with Crippen LogP contribution in [0.15, 0.2) is 30.3 Å². The van der Waals surface area contributed by atoms with E-state index in [0.717, 1.165) is 12.8 Å². The summed E-state index contributed by atoms with van der Waals surface area (Å²) < 4.78 is 33.9. The summed E-state index contributed by atoms with van der Waals surface area (Å²) in [5.74, 6) is -1.53. The quantitative estimate of drug-likeness (QED) is 0.0838. The van der Waals surface area contributed by atoms with E-state index in [4.69, 9.17) is 30.1 Å². The number of carboxylic acid groups (broad SMARTS) is 2. The van der Waals surface area contributed by atoms with Gasteiger partial charge in [0.25, 0.3) is 0 Å². The standard InChI is InChI=1S/C18H36O2.C7H6O2.3C3H7O.3Al.3O/c1-2-3-4-5-6-7-8-9-10-11-12-13-14-15-16-17-18(19)20;8-7(9)6-4-2-1-3-5-6;3*1-3(2)4;;;;;;/h2-17H2,1H3,(H,19,20);1-5H,(H,8,9);3*3H,1-2H3;;;;;;/q;;3*-1;3*+1;;;. The summed E-state index contributed by atoms with van der Waals surface area (Å²) in [6, 6.07) is 8.30. The van der Waals surface area contributed by atoms with E-state index >= 15 is 0 Å². The Morgan fingerprint density at radius 3 is 1.15 bits per heavy atom. The van der Waals surface area contributed by atoms with Crippen LogP contribution in [0.3, 0.4) is 0 Å². The highest BCUT2D eigenvalue weighted by molar-refractivity contribution is 6.66. The van der Waals surface area contributed by atoms with Crippen LogP contribution in [0.2, 0.25) is 0 Å². The Labute approximate surface area is 301 Å². The number of hydrogen-bond donors (Lipinski definition) is 2. The normalized spacial score (nSPS) is 13.0. The second-order valence-corrected chi connectivity index (χ2v) is 18.4. The lowest BCUT2D eigenvalue weighted by atomic mass is 10.0. The third-order valence-corrected chi connectivity index (χ3v) is 14.5. The van der Waals surface area contributed by atoms with Crippen molar-refractivity contribution in [1.29, 1.82) is 0 Å². The van der Waals surface area contributed by atoms with E-state index in [1.807, 2.05) is 41.5 Å². The number of aromatic carboxylic acids is 1. The van der Waals surface area contributed by atoms with Gasteiger partial charge in [-0.15, -0.1) is 0 Å². The lowest BCUT2D eigenvalue weighted by Crippen LogP contribution is -2.54. The van der Waals surface area contributed by atoms with E-state index in [2.05, 4.69) is 6.92 Å². The average molecular weight is 713 g/mol. The van der Waals surface area contributed by atoms with Gasteiger partial charge in [-0.25, -0.2) is 4.79 Å². The molecule has 0 bridgehead atoms. The molecular formula is C34H63Al3O10. The van der Waals surface area contributed by atoms with Gasteiger partial charge in [0, 0.05) is 24.7 Å². The Morgan fingerprint density at radius 1 is 0.574 bits per heavy atom. The van der Waals surface area contributed by atoms with Crippen LogP contribution in [-0.4, -0.2) is 85.9 Å². The maximum absolute atomic E-state index is 10.3. The second-order valence-electron chi connectivity index (χ2n) is 12.6. The molecule has 1 aromatic carbocycles. The first-order chi connectivity index (χ1) is 22.4. The lowest BCUT2D eigenvalue weighted by Gasteiger charge is -2.30. The molecule has 2 rings (SSSR count). The van der Waals surface area contributed by atoms with Gasteiger partial charge in [0.2, 0.25) is 0 Å². The molecule has 268 valence electrons. The fourth-order valence-electron chi connectivity index (χ4n) is 4.46. The molecule has 1 aromatic rings. The van der Waals surface area contributed by atoms with Crippen molar-refractivity contribution in [2.75, 3.05) is 0 Å². The first-order valence-electron chi connectivity index (χ1n) is 17.9. The molecule has 10 nitrogen and oxygen atoms in total. The molecule has 0 aromatic heterocycles. The molecule has 2 N–H and O–H groups in total. The highest BCUT2D eigenvalue weighted by atomic mass is 27.4. The highest BCUT2D eigenvalue weighted by Gasteiger charge is 2.56. The Morgan fingerprint density at radius 2 is 0.894 bits per heavy atom. The molecule has 1 fully saturated rings. The van der Waals surface area contributed by atoms with E-state index in [0.29, 0.717) is 12.0 Å². The summed E-state index contributed by atoms with van der Waals surface area (Å²) in [6.07, 6.45) is 20.4. The zero-order valence-corrected chi connectivity index (χ0v) is 33.8. The monoisotopic (exact) mass is 712 g/mol. The van der Waals surface area contributed by atoms with Gasteiger partial charge in [0.15, 0.2) is 0 Å². The minimum absolute atomic E-state index is 0.0715. The number of carbonyl (C=O) groups is 2. The average Bonchev–Trinajstić information content (AvgIpc) is 2.99. The molecule has 0 atom stereocenters. The molecule has 0 spiro atoms. The van der Waals surface area contributed by atoms with E-state index in [9.17, 15) is 9.59 Å². The van der Waals surface area contributed by atoms with Crippen molar-refractivity contribution in [2.24, 2.45) is 0 Å². The van der Waals surface area contributed by atoms with Gasteiger partial charge in [-0.1, -0.05) is 115 Å². The van der Waals surface area contributed by atoms with Crippen LogP contribution in [-0.2, 0) is 24.7 Å². The van der Waals surface area contributed by atoms with E-state index in [1.54, 1.807) is 30.3 Å². The molecule has 1 aliphatic rings. The van der Waals surface area contributed by atoms with Gasteiger partial charge >= 0.3 is 57.4 Å². The van der Waals surface area contributed by atoms with Crippen LogP contribution < -0.4 is 0 Å². The molecule has 1 aliphatic heterocycles. The predicted octanol–water partition coefficient (Wildman–Crippen LogP) is 9.00. The number of hydrogen-bond acceptors (Lipinski definition) is 8. The molecular weight excluding hydrogens is 649 g/mol. The largest absolute Gasteiger partial charge is 0.849 e. The fraction of sp³-hybridized carbons (Fsp3) is 0.765.